The first-order valence-electron chi connectivity index (χ1n) is 4.56. The van der Waals surface area contributed by atoms with Gasteiger partial charge < -0.3 is 4.74 Å². The lowest BCUT2D eigenvalue weighted by molar-refractivity contribution is 0.340. The summed E-state index contributed by atoms with van der Waals surface area (Å²) in [5.74, 6) is 0.936. The average Bonchev–Trinajstić information content (AvgIpc) is 2.49. The van der Waals surface area contributed by atoms with E-state index in [2.05, 4.69) is 37.1 Å². The standard InChI is InChI=1S/C11H12OS2/c1-3-12-8-4-7(2)11-9(5-8)10(13)6-14-11/h4-6,13H,3H2,1-2H3. The molecule has 0 fully saturated rings. The van der Waals surface area contributed by atoms with Gasteiger partial charge in [0.2, 0.25) is 0 Å². The highest BCUT2D eigenvalue weighted by molar-refractivity contribution is 7.80. The second-order valence-electron chi connectivity index (χ2n) is 3.17. The lowest BCUT2D eigenvalue weighted by Crippen LogP contribution is -1.91. The Morgan fingerprint density at radius 1 is 1.43 bits per heavy atom. The van der Waals surface area contributed by atoms with Crippen molar-refractivity contribution in [2.45, 2.75) is 18.7 Å². The van der Waals surface area contributed by atoms with E-state index < -0.39 is 0 Å². The van der Waals surface area contributed by atoms with Gasteiger partial charge in [0, 0.05) is 20.4 Å². The van der Waals surface area contributed by atoms with Crippen molar-refractivity contribution in [1.82, 2.24) is 0 Å². The molecule has 1 aromatic carbocycles. The predicted molar refractivity (Wildman–Crippen MR) is 65.0 cm³/mol. The Labute approximate surface area is 93.1 Å². The summed E-state index contributed by atoms with van der Waals surface area (Å²) in [5.41, 5.74) is 1.26. The summed E-state index contributed by atoms with van der Waals surface area (Å²) >= 11 is 6.15. The molecule has 0 spiro atoms. The van der Waals surface area contributed by atoms with E-state index in [-0.39, 0.29) is 0 Å². The average molecular weight is 224 g/mol. The van der Waals surface area contributed by atoms with Crippen molar-refractivity contribution >= 4 is 34.1 Å². The van der Waals surface area contributed by atoms with Crippen LogP contribution < -0.4 is 4.74 Å². The van der Waals surface area contributed by atoms with Crippen LogP contribution >= 0.6 is 24.0 Å². The quantitative estimate of drug-likeness (QED) is 0.761. The molecule has 0 unspecified atom stereocenters. The zero-order valence-corrected chi connectivity index (χ0v) is 9.91. The number of benzene rings is 1. The van der Waals surface area contributed by atoms with Crippen molar-refractivity contribution in [3.8, 4) is 5.75 Å². The van der Waals surface area contributed by atoms with E-state index >= 15 is 0 Å². The SMILES string of the molecule is CCOc1cc(C)c2scc(S)c2c1. The van der Waals surface area contributed by atoms with E-state index in [0.717, 1.165) is 10.6 Å². The zero-order valence-electron chi connectivity index (χ0n) is 8.20. The van der Waals surface area contributed by atoms with Crippen LogP contribution in [-0.4, -0.2) is 6.61 Å². The van der Waals surface area contributed by atoms with Gasteiger partial charge in [-0.05, 0) is 31.5 Å². The molecule has 0 atom stereocenters. The maximum absolute atomic E-state index is 5.49. The molecule has 3 heteroatoms. The lowest BCUT2D eigenvalue weighted by atomic mass is 10.2. The van der Waals surface area contributed by atoms with Gasteiger partial charge >= 0.3 is 0 Å². The molecule has 2 rings (SSSR count). The molecular weight excluding hydrogens is 212 g/mol. The first kappa shape index (κ1) is 9.87. The Kier molecular flexibility index (Phi) is 2.70. The van der Waals surface area contributed by atoms with Crippen LogP contribution in [0.15, 0.2) is 22.4 Å². The van der Waals surface area contributed by atoms with Crippen molar-refractivity contribution in [2.24, 2.45) is 0 Å². The highest BCUT2D eigenvalue weighted by Crippen LogP contribution is 2.34. The van der Waals surface area contributed by atoms with Crippen LogP contribution in [0.25, 0.3) is 10.1 Å². The van der Waals surface area contributed by atoms with Gasteiger partial charge in [-0.2, -0.15) is 0 Å². The van der Waals surface area contributed by atoms with Crippen LogP contribution in [0.3, 0.4) is 0 Å². The largest absolute Gasteiger partial charge is 0.494 e. The van der Waals surface area contributed by atoms with Gasteiger partial charge in [0.25, 0.3) is 0 Å². The molecule has 1 nitrogen and oxygen atoms in total. The Hall–Kier alpha value is -0.670. The van der Waals surface area contributed by atoms with E-state index in [1.807, 2.05) is 6.92 Å². The molecule has 2 aromatic rings. The summed E-state index contributed by atoms with van der Waals surface area (Å²) in [5, 5.41) is 3.26. The number of thiophene rings is 1. The lowest BCUT2D eigenvalue weighted by Gasteiger charge is -2.05. The molecule has 0 saturated carbocycles. The number of ether oxygens (including phenoxy) is 1. The number of rotatable bonds is 2. The zero-order chi connectivity index (χ0) is 10.1. The molecule has 0 N–H and O–H groups in total. The van der Waals surface area contributed by atoms with Crippen molar-refractivity contribution in [2.75, 3.05) is 6.61 Å². The van der Waals surface area contributed by atoms with Gasteiger partial charge in [-0.25, -0.2) is 0 Å². The molecule has 0 aliphatic heterocycles. The van der Waals surface area contributed by atoms with Crippen LogP contribution in [0.1, 0.15) is 12.5 Å². The summed E-state index contributed by atoms with van der Waals surface area (Å²) in [7, 11) is 0. The van der Waals surface area contributed by atoms with E-state index in [1.165, 1.54) is 15.6 Å². The van der Waals surface area contributed by atoms with Crippen molar-refractivity contribution in [1.29, 1.82) is 0 Å². The summed E-state index contributed by atoms with van der Waals surface area (Å²) in [6, 6.07) is 4.14. The summed E-state index contributed by atoms with van der Waals surface area (Å²) in [6.45, 7) is 4.81. The first-order valence-corrected chi connectivity index (χ1v) is 5.88. The van der Waals surface area contributed by atoms with Gasteiger partial charge in [-0.15, -0.1) is 24.0 Å². The minimum Gasteiger partial charge on any atom is -0.494 e. The predicted octanol–water partition coefficient (Wildman–Crippen LogP) is 3.90. The van der Waals surface area contributed by atoms with Gasteiger partial charge in [-0.1, -0.05) is 0 Å². The normalized spacial score (nSPS) is 10.8. The van der Waals surface area contributed by atoms with E-state index in [0.29, 0.717) is 6.61 Å². The van der Waals surface area contributed by atoms with Crippen molar-refractivity contribution in [3.05, 3.63) is 23.1 Å². The van der Waals surface area contributed by atoms with Crippen LogP contribution in [-0.2, 0) is 0 Å². The maximum atomic E-state index is 5.49. The number of thiol groups is 1. The Bertz CT molecular complexity index is 460. The third kappa shape index (κ3) is 1.62. The Morgan fingerprint density at radius 2 is 2.21 bits per heavy atom. The third-order valence-electron chi connectivity index (χ3n) is 2.12. The van der Waals surface area contributed by atoms with E-state index in [1.54, 1.807) is 11.3 Å². The molecule has 0 radical (unpaired) electrons. The van der Waals surface area contributed by atoms with E-state index in [4.69, 9.17) is 4.74 Å². The van der Waals surface area contributed by atoms with Crippen molar-refractivity contribution < 1.29 is 4.74 Å². The maximum Gasteiger partial charge on any atom is 0.120 e. The molecule has 0 amide bonds. The molecule has 0 bridgehead atoms. The molecule has 74 valence electrons. The summed E-state index contributed by atoms with van der Waals surface area (Å²) < 4.78 is 6.79. The fraction of sp³-hybridized carbons (Fsp3) is 0.273. The highest BCUT2D eigenvalue weighted by atomic mass is 32.1. The third-order valence-corrected chi connectivity index (χ3v) is 3.80. The van der Waals surface area contributed by atoms with Gasteiger partial charge in [0.05, 0.1) is 6.61 Å². The molecule has 0 aliphatic carbocycles. The minimum atomic E-state index is 0.705. The van der Waals surface area contributed by atoms with Crippen LogP contribution in [0, 0.1) is 6.92 Å². The molecule has 1 heterocycles. The van der Waals surface area contributed by atoms with Crippen molar-refractivity contribution in [3.63, 3.8) is 0 Å². The Morgan fingerprint density at radius 3 is 2.93 bits per heavy atom. The summed E-state index contributed by atoms with van der Waals surface area (Å²) in [4.78, 5) is 1.04. The van der Waals surface area contributed by atoms with Gasteiger partial charge in [0.1, 0.15) is 5.75 Å². The smallest absolute Gasteiger partial charge is 0.120 e. The fourth-order valence-electron chi connectivity index (χ4n) is 1.52. The van der Waals surface area contributed by atoms with E-state index in [9.17, 15) is 0 Å². The number of fused-ring (bicyclic) bond motifs is 1. The van der Waals surface area contributed by atoms with Gasteiger partial charge in [-0.3, -0.25) is 0 Å². The molecule has 14 heavy (non-hydrogen) atoms. The number of hydrogen-bond acceptors (Lipinski definition) is 3. The van der Waals surface area contributed by atoms with Crippen LogP contribution in [0.5, 0.6) is 5.75 Å². The topological polar surface area (TPSA) is 9.23 Å². The monoisotopic (exact) mass is 224 g/mol. The van der Waals surface area contributed by atoms with Crippen LogP contribution in [0.2, 0.25) is 0 Å². The number of hydrogen-bond donors (Lipinski definition) is 1. The second kappa shape index (κ2) is 3.83. The number of aryl methyl sites for hydroxylation is 1. The Balaban J connectivity index is 2.63. The molecule has 0 saturated heterocycles. The van der Waals surface area contributed by atoms with Gasteiger partial charge in [0.15, 0.2) is 0 Å². The minimum absolute atomic E-state index is 0.705. The second-order valence-corrected chi connectivity index (χ2v) is 4.53. The highest BCUT2D eigenvalue weighted by Gasteiger charge is 2.06. The first-order chi connectivity index (χ1) is 6.72. The molecular formula is C11H12OS2. The molecule has 1 aromatic heterocycles. The van der Waals surface area contributed by atoms with Crippen LogP contribution in [0.4, 0.5) is 0 Å². The molecule has 0 aliphatic rings. The summed E-state index contributed by atoms with van der Waals surface area (Å²) in [6.07, 6.45) is 0. The fourth-order valence-corrected chi connectivity index (χ4v) is 2.82.